The summed E-state index contributed by atoms with van der Waals surface area (Å²) in [6, 6.07) is 5.29. The number of hydrogen-bond donors (Lipinski definition) is 1. The maximum Gasteiger partial charge on any atom is 0.345 e. The van der Waals surface area contributed by atoms with Crippen molar-refractivity contribution in [2.24, 2.45) is 11.8 Å². The van der Waals surface area contributed by atoms with E-state index in [9.17, 15) is 9.59 Å². The summed E-state index contributed by atoms with van der Waals surface area (Å²) >= 11 is 13.7. The number of nitrogens with zero attached hydrogens (tertiary/aromatic N) is 1. The Morgan fingerprint density at radius 1 is 1.37 bits per heavy atom. The Balaban J connectivity index is 1.61. The lowest BCUT2D eigenvalue weighted by atomic mass is 9.89. The van der Waals surface area contributed by atoms with Gasteiger partial charge in [0.1, 0.15) is 10.7 Å². The molecule has 1 aliphatic carbocycles. The normalized spacial score (nSPS) is 22.6. The third kappa shape index (κ3) is 5.18. The number of carbonyl (C=O) groups excluding carboxylic acids is 1. The van der Waals surface area contributed by atoms with Gasteiger partial charge in [0.2, 0.25) is 0 Å². The Bertz CT molecular complexity index is 864. The lowest BCUT2D eigenvalue weighted by Gasteiger charge is -2.17. The predicted molar refractivity (Wildman–Crippen MR) is 109 cm³/mol. The van der Waals surface area contributed by atoms with Crippen LogP contribution in [0.4, 0.5) is 0 Å². The van der Waals surface area contributed by atoms with Crippen molar-refractivity contribution in [2.45, 2.75) is 31.1 Å². The molecule has 3 atom stereocenters. The summed E-state index contributed by atoms with van der Waals surface area (Å²) in [6.45, 7) is 0. The summed E-state index contributed by atoms with van der Waals surface area (Å²) < 4.78 is 0. The van der Waals surface area contributed by atoms with Crippen molar-refractivity contribution in [1.29, 1.82) is 0 Å². The largest absolute Gasteiger partial charge is 0.477 e. The van der Waals surface area contributed by atoms with Gasteiger partial charge >= 0.3 is 5.97 Å². The van der Waals surface area contributed by atoms with Crippen molar-refractivity contribution in [3.63, 3.8) is 0 Å². The Kier molecular flexibility index (Phi) is 6.68. The van der Waals surface area contributed by atoms with E-state index in [1.807, 2.05) is 18.2 Å². The fourth-order valence-electron chi connectivity index (χ4n) is 3.43. The highest BCUT2D eigenvalue weighted by atomic mass is 35.5. The number of thiophene rings is 1. The van der Waals surface area contributed by atoms with Crippen molar-refractivity contribution >= 4 is 52.4 Å². The van der Waals surface area contributed by atoms with E-state index < -0.39 is 5.97 Å². The monoisotopic (exact) mass is 423 g/mol. The summed E-state index contributed by atoms with van der Waals surface area (Å²) in [6.07, 6.45) is 9.92. The molecular weight excluding hydrogens is 405 g/mol. The third-order valence-electron chi connectivity index (χ3n) is 4.75. The zero-order valence-corrected chi connectivity index (χ0v) is 16.8. The standard InChI is InChI=1S/C20H19Cl2NO3S/c21-13-8-12(10-23-11-13)4-6-16-15(17(22)9-18(16)24)3-1-2-14-5-7-19(27-14)20(25)26/h4-8,10-11,15-17H,1-3,9H2,(H,25,26)/b6-4+/t15-,16-,17-/m1/s1. The topological polar surface area (TPSA) is 67.3 Å². The smallest absolute Gasteiger partial charge is 0.345 e. The minimum absolute atomic E-state index is 0.0847. The minimum atomic E-state index is -0.894. The molecule has 2 heterocycles. The third-order valence-corrected chi connectivity index (χ3v) is 6.57. The fraction of sp³-hybridized carbons (Fsp3) is 0.350. The Morgan fingerprint density at radius 3 is 2.89 bits per heavy atom. The number of allylic oxidation sites excluding steroid dienone is 1. The summed E-state index contributed by atoms with van der Waals surface area (Å²) in [5, 5.41) is 9.39. The van der Waals surface area contributed by atoms with Gasteiger partial charge in [0.15, 0.2) is 0 Å². The molecule has 0 bridgehead atoms. The number of alkyl halides is 1. The molecule has 0 aliphatic heterocycles. The molecule has 3 rings (SSSR count). The molecule has 142 valence electrons. The molecule has 0 saturated heterocycles. The number of pyridine rings is 1. The summed E-state index contributed by atoms with van der Waals surface area (Å²) in [5.74, 6) is -0.851. The van der Waals surface area contributed by atoms with Crippen LogP contribution in [0.15, 0.2) is 36.7 Å². The zero-order valence-electron chi connectivity index (χ0n) is 14.5. The number of carboxylic acids is 1. The molecule has 0 spiro atoms. The van der Waals surface area contributed by atoms with Gasteiger partial charge in [0.25, 0.3) is 0 Å². The van der Waals surface area contributed by atoms with Gasteiger partial charge < -0.3 is 5.11 Å². The van der Waals surface area contributed by atoms with E-state index in [1.54, 1.807) is 24.5 Å². The van der Waals surface area contributed by atoms with E-state index in [2.05, 4.69) is 4.98 Å². The van der Waals surface area contributed by atoms with Crippen molar-refractivity contribution in [3.05, 3.63) is 57.0 Å². The van der Waals surface area contributed by atoms with Crippen LogP contribution < -0.4 is 0 Å². The van der Waals surface area contributed by atoms with Gasteiger partial charge in [-0.05, 0) is 48.9 Å². The number of ketones is 1. The molecule has 1 fully saturated rings. The Morgan fingerprint density at radius 2 is 2.19 bits per heavy atom. The van der Waals surface area contributed by atoms with Gasteiger partial charge in [-0.15, -0.1) is 22.9 Å². The highest BCUT2D eigenvalue weighted by molar-refractivity contribution is 7.13. The van der Waals surface area contributed by atoms with Crippen LogP contribution in [0.2, 0.25) is 5.02 Å². The van der Waals surface area contributed by atoms with Crippen LogP contribution >= 0.6 is 34.5 Å². The first-order chi connectivity index (χ1) is 12.9. The molecule has 0 unspecified atom stereocenters. The molecule has 0 radical (unpaired) electrons. The van der Waals surface area contributed by atoms with Crippen molar-refractivity contribution < 1.29 is 14.7 Å². The number of Topliss-reactive ketones (excluding diaryl/α,β-unsaturated/α-hetero) is 1. The number of rotatable bonds is 7. The molecule has 2 aromatic heterocycles. The Hall–Kier alpha value is -1.69. The summed E-state index contributed by atoms with van der Waals surface area (Å²) in [5.41, 5.74) is 0.854. The average molecular weight is 424 g/mol. The van der Waals surface area contributed by atoms with Crippen LogP contribution in [-0.2, 0) is 11.2 Å². The number of halogens is 2. The van der Waals surface area contributed by atoms with Crippen molar-refractivity contribution in [2.75, 3.05) is 0 Å². The molecule has 4 nitrogen and oxygen atoms in total. The van der Waals surface area contributed by atoms with E-state index in [-0.39, 0.29) is 23.0 Å². The number of hydrogen-bond acceptors (Lipinski definition) is 4. The SMILES string of the molecule is O=C(O)c1ccc(CCC[C@H]2[C@H](Cl)CC(=O)[C@@H]2/C=C/c2cncc(Cl)c2)s1. The van der Waals surface area contributed by atoms with Crippen LogP contribution in [-0.4, -0.2) is 27.2 Å². The second kappa shape index (κ2) is 9.00. The van der Waals surface area contributed by atoms with E-state index in [0.29, 0.717) is 16.3 Å². The number of carbonyl (C=O) groups is 2. The van der Waals surface area contributed by atoms with E-state index in [0.717, 1.165) is 29.7 Å². The molecule has 0 amide bonds. The highest BCUT2D eigenvalue weighted by Gasteiger charge is 2.39. The molecule has 27 heavy (non-hydrogen) atoms. The number of aryl methyl sites for hydroxylation is 1. The van der Waals surface area contributed by atoms with Gasteiger partial charge in [-0.1, -0.05) is 23.8 Å². The van der Waals surface area contributed by atoms with Crippen LogP contribution in [0.25, 0.3) is 6.08 Å². The van der Waals surface area contributed by atoms with Gasteiger partial charge in [0, 0.05) is 35.0 Å². The van der Waals surface area contributed by atoms with Crippen LogP contribution in [0.3, 0.4) is 0 Å². The predicted octanol–water partition coefficient (Wildman–Crippen LogP) is 5.34. The van der Waals surface area contributed by atoms with Crippen LogP contribution in [0.5, 0.6) is 0 Å². The quantitative estimate of drug-likeness (QED) is 0.609. The van der Waals surface area contributed by atoms with Gasteiger partial charge in [-0.25, -0.2) is 4.79 Å². The number of aromatic nitrogens is 1. The summed E-state index contributed by atoms with van der Waals surface area (Å²) in [4.78, 5) is 28.8. The molecule has 1 saturated carbocycles. The molecule has 1 aliphatic rings. The number of carboxylic acid groups (broad SMARTS) is 1. The molecule has 2 aromatic rings. The van der Waals surface area contributed by atoms with E-state index >= 15 is 0 Å². The zero-order chi connectivity index (χ0) is 19.4. The summed E-state index contributed by atoms with van der Waals surface area (Å²) in [7, 11) is 0. The van der Waals surface area contributed by atoms with Crippen LogP contribution in [0.1, 0.15) is 39.4 Å². The first-order valence-corrected chi connectivity index (χ1v) is 10.3. The minimum Gasteiger partial charge on any atom is -0.477 e. The molecule has 7 heteroatoms. The maximum absolute atomic E-state index is 12.4. The lowest BCUT2D eigenvalue weighted by Crippen LogP contribution is -2.16. The molecular formula is C20H19Cl2NO3S. The van der Waals surface area contributed by atoms with Gasteiger partial charge in [-0.2, -0.15) is 0 Å². The van der Waals surface area contributed by atoms with Crippen molar-refractivity contribution in [3.8, 4) is 0 Å². The maximum atomic E-state index is 12.4. The second-order valence-electron chi connectivity index (χ2n) is 6.64. The Labute approximate surface area is 171 Å². The van der Waals surface area contributed by atoms with Crippen LogP contribution in [0, 0.1) is 11.8 Å². The van der Waals surface area contributed by atoms with E-state index in [1.165, 1.54) is 11.3 Å². The second-order valence-corrected chi connectivity index (χ2v) is 8.80. The van der Waals surface area contributed by atoms with Gasteiger partial charge in [-0.3, -0.25) is 9.78 Å². The fourth-order valence-corrected chi connectivity index (χ4v) is 4.93. The van der Waals surface area contributed by atoms with Crippen molar-refractivity contribution in [1.82, 2.24) is 4.98 Å². The lowest BCUT2D eigenvalue weighted by molar-refractivity contribution is -0.119. The van der Waals surface area contributed by atoms with E-state index in [4.69, 9.17) is 28.3 Å². The first-order valence-electron chi connectivity index (χ1n) is 8.71. The number of aromatic carboxylic acids is 1. The molecule has 0 aromatic carbocycles. The first kappa shape index (κ1) is 20.1. The highest BCUT2D eigenvalue weighted by Crippen LogP contribution is 2.38. The van der Waals surface area contributed by atoms with Gasteiger partial charge in [0.05, 0.1) is 5.02 Å². The average Bonchev–Trinajstić information content (AvgIpc) is 3.19. The molecule has 1 N–H and O–H groups in total.